The Morgan fingerprint density at radius 3 is 2.35 bits per heavy atom. The maximum atomic E-state index is 11.1. The smallest absolute Gasteiger partial charge is 0.748 e. The number of rotatable bonds is 9. The molecule has 0 amide bonds. The second-order valence-corrected chi connectivity index (χ2v) is 13.1. The molecule has 17 heteroatoms. The van der Waals surface area contributed by atoms with Gasteiger partial charge in [0.25, 0.3) is 15.7 Å². The van der Waals surface area contributed by atoms with Gasteiger partial charge < -0.3 is 23.2 Å². The Balaban J connectivity index is 0.00000380. The van der Waals surface area contributed by atoms with Crippen LogP contribution >= 0.6 is 46.1 Å². The third-order valence-corrected chi connectivity index (χ3v) is 9.06. The average Bonchev–Trinajstić information content (AvgIpc) is 3.34. The molecule has 0 atom stereocenters. The number of halogens is 3. The van der Waals surface area contributed by atoms with Gasteiger partial charge in [-0.2, -0.15) is 4.57 Å². The maximum Gasteiger partial charge on any atom is 1.00 e. The van der Waals surface area contributed by atoms with Crippen molar-refractivity contribution in [2.24, 2.45) is 0 Å². The zero-order valence-electron chi connectivity index (χ0n) is 19.5. The van der Waals surface area contributed by atoms with Gasteiger partial charge in [-0.25, -0.2) is 16.8 Å². The predicted molar refractivity (Wildman–Crippen MR) is 135 cm³/mol. The minimum atomic E-state index is -4.42. The molecule has 0 fully saturated rings. The fourth-order valence-corrected chi connectivity index (χ4v) is 6.60. The molecule has 10 nitrogen and oxygen atoms in total. The number of benzene rings is 1. The van der Waals surface area contributed by atoms with Crippen LogP contribution in [0.1, 0.15) is 23.4 Å². The zero-order valence-corrected chi connectivity index (χ0v) is 27.3. The first kappa shape index (κ1) is 31.6. The van der Waals surface area contributed by atoms with E-state index in [0.717, 1.165) is 5.56 Å². The van der Waals surface area contributed by atoms with Crippen molar-refractivity contribution < 1.29 is 91.0 Å². The third-order valence-electron chi connectivity index (χ3n) is 5.31. The Morgan fingerprint density at radius 1 is 1.05 bits per heavy atom. The van der Waals surface area contributed by atoms with Gasteiger partial charge in [0.1, 0.15) is 0 Å². The zero-order chi connectivity index (χ0) is 26.4. The van der Waals surface area contributed by atoms with Gasteiger partial charge in [-0.3, -0.25) is 0 Å². The Hall–Kier alpha value is 0.0564. The van der Waals surface area contributed by atoms with Crippen LogP contribution in [0.3, 0.4) is 0 Å². The number of anilines is 1. The summed E-state index contributed by atoms with van der Waals surface area (Å²) in [5.41, 5.74) is 1.79. The summed E-state index contributed by atoms with van der Waals surface area (Å²) in [5.74, 6) is -0.340. The Kier molecular flexibility index (Phi) is 10.5. The van der Waals surface area contributed by atoms with E-state index in [9.17, 15) is 25.9 Å². The van der Waals surface area contributed by atoms with E-state index in [1.54, 1.807) is 34.6 Å². The van der Waals surface area contributed by atoms with E-state index in [1.165, 1.54) is 11.3 Å². The van der Waals surface area contributed by atoms with Crippen molar-refractivity contribution in [1.29, 1.82) is 0 Å². The molecule has 37 heavy (non-hydrogen) atoms. The van der Waals surface area contributed by atoms with Gasteiger partial charge in [0.2, 0.25) is 11.1 Å². The van der Waals surface area contributed by atoms with Crippen LogP contribution in [-0.4, -0.2) is 44.0 Å². The van der Waals surface area contributed by atoms with Crippen molar-refractivity contribution in [2.75, 3.05) is 23.0 Å². The predicted octanol–water partition coefficient (Wildman–Crippen LogP) is 1.12. The Bertz CT molecular complexity index is 1590. The number of aryl methyl sites for hydroxylation is 2. The van der Waals surface area contributed by atoms with Crippen molar-refractivity contribution in [3.05, 3.63) is 44.0 Å². The monoisotopic (exact) mass is 654 g/mol. The van der Waals surface area contributed by atoms with Gasteiger partial charge in [-0.05, 0) is 54.2 Å². The number of ether oxygens (including phenoxy) is 1. The van der Waals surface area contributed by atoms with E-state index >= 15 is 0 Å². The molecule has 0 bridgehead atoms. The molecule has 0 unspecified atom stereocenters. The number of nitrogens with zero attached hydrogens (tertiary/aromatic N) is 2. The quantitative estimate of drug-likeness (QED) is 0.188. The second kappa shape index (κ2) is 12.3. The number of hydrogen-bond acceptors (Lipinski definition) is 10. The van der Waals surface area contributed by atoms with Gasteiger partial charge in [-0.15, -0.1) is 0 Å². The molecule has 3 heterocycles. The molecule has 0 N–H and O–H groups in total. The summed E-state index contributed by atoms with van der Waals surface area (Å²) in [6.45, 7) is 2.06. The minimum Gasteiger partial charge on any atom is -0.748 e. The van der Waals surface area contributed by atoms with Crippen molar-refractivity contribution in [3.63, 3.8) is 0 Å². The summed E-state index contributed by atoms with van der Waals surface area (Å²) in [4.78, 5) is 1.69. The van der Waals surface area contributed by atoms with Crippen LogP contribution in [-0.2, 0) is 26.8 Å². The van der Waals surface area contributed by atoms with Crippen LogP contribution in [0.25, 0.3) is 16.3 Å². The largest absolute Gasteiger partial charge is 1.00 e. The molecular weight excluding hydrogens is 638 g/mol. The van der Waals surface area contributed by atoms with Crippen molar-refractivity contribution in [3.8, 4) is 5.75 Å². The van der Waals surface area contributed by atoms with Crippen molar-refractivity contribution in [1.82, 2.24) is 0 Å². The van der Waals surface area contributed by atoms with Gasteiger partial charge in [0.15, 0.2) is 17.0 Å². The summed E-state index contributed by atoms with van der Waals surface area (Å²) in [6.07, 6.45) is 1.70. The molecule has 4 rings (SSSR count). The van der Waals surface area contributed by atoms with Gasteiger partial charge in [-0.1, -0.05) is 22.9 Å². The molecule has 0 saturated carbocycles. The van der Waals surface area contributed by atoms with Crippen molar-refractivity contribution in [2.45, 2.75) is 26.3 Å². The van der Waals surface area contributed by atoms with E-state index < -0.39 is 31.7 Å². The van der Waals surface area contributed by atoms with Crippen LogP contribution < -0.4 is 65.6 Å². The summed E-state index contributed by atoms with van der Waals surface area (Å²) >= 11 is 19.9. The molecule has 1 aliphatic heterocycles. The first-order valence-corrected chi connectivity index (χ1v) is 15.5. The molecule has 0 aliphatic carbocycles. The number of fused-ring (bicyclic) bond motifs is 2. The molecule has 2 aromatic heterocycles. The van der Waals surface area contributed by atoms with E-state index in [0.29, 0.717) is 37.6 Å². The van der Waals surface area contributed by atoms with Crippen LogP contribution in [0.2, 0.25) is 15.5 Å². The van der Waals surface area contributed by atoms with Crippen LogP contribution in [0.15, 0.2) is 22.4 Å². The van der Waals surface area contributed by atoms with E-state index in [2.05, 4.69) is 0 Å². The Labute approximate surface area is 275 Å². The van der Waals surface area contributed by atoms with Gasteiger partial charge in [0.05, 0.1) is 32.0 Å². The second-order valence-electron chi connectivity index (χ2n) is 7.96. The minimum absolute atomic E-state index is 0. The Morgan fingerprint density at radius 2 is 1.70 bits per heavy atom. The average molecular weight is 656 g/mol. The normalized spacial score (nSPS) is 14.8. The molecular formula is C20H18Cl3KN2O8S3. The SMILES string of the molecule is Cc1cc2c(cc1Cl)N(CCCS(=O)(=O)[O-])C(=Cc1sc3c(Cl)oc(Cl)c3[n+]1CCCS(=O)(=O)[O-])O2.[K+]. The van der Waals surface area contributed by atoms with E-state index in [-0.39, 0.29) is 87.8 Å². The summed E-state index contributed by atoms with van der Waals surface area (Å²) in [6, 6.07) is 3.42. The van der Waals surface area contributed by atoms with E-state index in [4.69, 9.17) is 44.0 Å². The first-order valence-electron chi connectivity index (χ1n) is 10.4. The fourth-order valence-electron chi connectivity index (χ4n) is 3.74. The maximum absolute atomic E-state index is 11.1. The molecule has 0 saturated heterocycles. The molecule has 3 aromatic rings. The number of hydrogen-bond donors (Lipinski definition) is 0. The van der Waals surface area contributed by atoms with E-state index in [1.807, 2.05) is 0 Å². The molecule has 0 radical (unpaired) electrons. The summed E-state index contributed by atoms with van der Waals surface area (Å²) < 4.78 is 80.2. The first-order chi connectivity index (χ1) is 16.7. The molecule has 196 valence electrons. The summed E-state index contributed by atoms with van der Waals surface area (Å²) in [7, 11) is -8.84. The van der Waals surface area contributed by atoms with Gasteiger partial charge >= 0.3 is 51.4 Å². The molecule has 1 aliphatic rings. The molecule has 0 spiro atoms. The number of furan rings is 1. The summed E-state index contributed by atoms with van der Waals surface area (Å²) in [5, 5.41) is 1.07. The van der Waals surface area contributed by atoms with Crippen LogP contribution in [0.4, 0.5) is 5.69 Å². The molecule has 1 aromatic carbocycles. The standard InChI is InChI=1S/C20H19Cl3N2O8S3.K/c1-11-8-14-13(9-12(11)21)24(4-2-6-35(26,27)28)15(32-14)10-16-25(5-3-7-36(29,30)31)17-18(34-16)20(23)33-19(17)22;/h8-10H,2-7H2,1H3,(H-,26,27,28,29,30,31);/q;+1/p-1. The van der Waals surface area contributed by atoms with Crippen LogP contribution in [0.5, 0.6) is 5.75 Å². The van der Waals surface area contributed by atoms with Crippen molar-refractivity contribution >= 4 is 88.4 Å². The number of aromatic nitrogens is 1. The fraction of sp³-hybridized carbons (Fsp3) is 0.350. The topological polar surface area (TPSA) is 144 Å². The number of thiazole rings is 1. The third kappa shape index (κ3) is 7.63. The van der Waals surface area contributed by atoms with Gasteiger partial charge in [0, 0.05) is 29.5 Å². The van der Waals surface area contributed by atoms with Crippen LogP contribution in [0, 0.1) is 6.92 Å².